The van der Waals surface area contributed by atoms with Crippen molar-refractivity contribution in [1.82, 2.24) is 9.55 Å². The van der Waals surface area contributed by atoms with Crippen LogP contribution in [0.4, 0.5) is 0 Å². The molecule has 2 aromatic heterocycles. The normalized spacial score (nSPS) is 10.9. The Balaban J connectivity index is 2.08. The number of ether oxygens (including phenoxy) is 1. The molecule has 0 aliphatic carbocycles. The first-order valence-electron chi connectivity index (χ1n) is 8.91. The Kier molecular flexibility index (Phi) is 4.79. The van der Waals surface area contributed by atoms with Gasteiger partial charge in [0.1, 0.15) is 0 Å². The van der Waals surface area contributed by atoms with Crippen molar-refractivity contribution in [3.63, 3.8) is 0 Å². The third-order valence-electron chi connectivity index (χ3n) is 4.69. The van der Waals surface area contributed by atoms with E-state index in [0.717, 1.165) is 23.2 Å². The van der Waals surface area contributed by atoms with E-state index >= 15 is 0 Å². The van der Waals surface area contributed by atoms with Crippen LogP contribution in [-0.4, -0.2) is 22.6 Å². The first-order chi connectivity index (χ1) is 13.7. The van der Waals surface area contributed by atoms with Gasteiger partial charge in [0.2, 0.25) is 0 Å². The van der Waals surface area contributed by atoms with Crippen LogP contribution in [0.15, 0.2) is 64.9 Å². The number of fused-ring (bicyclic) bond motifs is 1. The number of para-hydroxylation sites is 1. The Morgan fingerprint density at radius 2 is 1.93 bits per heavy atom. The van der Waals surface area contributed by atoms with Gasteiger partial charge in [-0.3, -0.25) is 9.36 Å². The average molecular weight is 390 g/mol. The Labute approximate surface area is 165 Å². The van der Waals surface area contributed by atoms with Crippen LogP contribution in [0, 0.1) is 0 Å². The summed E-state index contributed by atoms with van der Waals surface area (Å²) in [5.74, 6) is -0.512. The first kappa shape index (κ1) is 18.1. The van der Waals surface area contributed by atoms with Crippen molar-refractivity contribution in [1.29, 1.82) is 0 Å². The summed E-state index contributed by atoms with van der Waals surface area (Å²) in [5, 5.41) is 1.41. The fraction of sp³-hybridized carbons (Fsp3) is 0.136. The molecule has 0 spiro atoms. The zero-order valence-corrected chi connectivity index (χ0v) is 16.3. The molecule has 6 heteroatoms. The summed E-state index contributed by atoms with van der Waals surface area (Å²) < 4.78 is 6.59. The lowest BCUT2D eigenvalue weighted by atomic mass is 10.0. The van der Waals surface area contributed by atoms with Crippen molar-refractivity contribution >= 4 is 28.1 Å². The Morgan fingerprint density at radius 1 is 1.14 bits per heavy atom. The molecule has 2 heterocycles. The van der Waals surface area contributed by atoms with Gasteiger partial charge in [-0.05, 0) is 30.0 Å². The van der Waals surface area contributed by atoms with Gasteiger partial charge in [-0.1, -0.05) is 43.3 Å². The number of carbonyl (C=O) groups excluding carboxylic acids is 1. The van der Waals surface area contributed by atoms with E-state index in [9.17, 15) is 9.59 Å². The fourth-order valence-corrected chi connectivity index (χ4v) is 4.21. The molecule has 0 fully saturated rings. The lowest BCUT2D eigenvalue weighted by Gasteiger charge is -2.15. The van der Waals surface area contributed by atoms with Crippen molar-refractivity contribution in [3.05, 3.63) is 81.8 Å². The van der Waals surface area contributed by atoms with Crippen LogP contribution < -0.4 is 5.56 Å². The molecule has 140 valence electrons. The number of nitrogens with zero attached hydrogens (tertiary/aromatic N) is 2. The number of aryl methyl sites for hydroxylation is 1. The van der Waals surface area contributed by atoms with Crippen LogP contribution in [0.2, 0.25) is 0 Å². The van der Waals surface area contributed by atoms with Crippen LogP contribution in [0.1, 0.15) is 23.1 Å². The molecule has 0 saturated carbocycles. The van der Waals surface area contributed by atoms with Crippen LogP contribution in [0.3, 0.4) is 0 Å². The lowest BCUT2D eigenvalue weighted by Crippen LogP contribution is -2.22. The predicted octanol–water partition coefficient (Wildman–Crippen LogP) is 4.46. The van der Waals surface area contributed by atoms with E-state index in [0.29, 0.717) is 15.8 Å². The van der Waals surface area contributed by atoms with Gasteiger partial charge in [0, 0.05) is 16.9 Å². The summed E-state index contributed by atoms with van der Waals surface area (Å²) in [7, 11) is 1.32. The van der Waals surface area contributed by atoms with Gasteiger partial charge in [0.15, 0.2) is 5.69 Å². The Bertz CT molecular complexity index is 1230. The van der Waals surface area contributed by atoms with Crippen LogP contribution in [0.25, 0.3) is 26.9 Å². The second-order valence-electron chi connectivity index (χ2n) is 6.26. The minimum atomic E-state index is -0.512. The first-order valence-corrected chi connectivity index (χ1v) is 9.79. The SMILES string of the molecule is CCc1cc2cccc(-c3scnc3C(=O)OC)c2c(=O)n1-c1ccccc1. The van der Waals surface area contributed by atoms with E-state index < -0.39 is 5.97 Å². The van der Waals surface area contributed by atoms with Crippen molar-refractivity contribution in [2.45, 2.75) is 13.3 Å². The minimum Gasteiger partial charge on any atom is -0.464 e. The van der Waals surface area contributed by atoms with Crippen molar-refractivity contribution < 1.29 is 9.53 Å². The minimum absolute atomic E-state index is 0.111. The van der Waals surface area contributed by atoms with Crippen LogP contribution >= 0.6 is 11.3 Å². The van der Waals surface area contributed by atoms with Gasteiger partial charge in [-0.15, -0.1) is 11.3 Å². The maximum Gasteiger partial charge on any atom is 0.358 e. The molecule has 5 nitrogen and oxygen atoms in total. The summed E-state index contributed by atoms with van der Waals surface area (Å²) in [4.78, 5) is 30.5. The highest BCUT2D eigenvalue weighted by atomic mass is 32.1. The molecule has 0 bridgehead atoms. The highest BCUT2D eigenvalue weighted by molar-refractivity contribution is 7.13. The molecule has 2 aromatic carbocycles. The molecule has 0 saturated heterocycles. The molecule has 0 atom stereocenters. The molecular formula is C22H18N2O3S. The number of thiazole rings is 1. The van der Waals surface area contributed by atoms with E-state index in [4.69, 9.17) is 4.74 Å². The van der Waals surface area contributed by atoms with E-state index in [2.05, 4.69) is 4.98 Å². The highest BCUT2D eigenvalue weighted by Gasteiger charge is 2.21. The molecule has 0 N–H and O–H groups in total. The lowest BCUT2D eigenvalue weighted by molar-refractivity contribution is 0.0596. The van der Waals surface area contributed by atoms with E-state index in [1.807, 2.05) is 61.5 Å². The topological polar surface area (TPSA) is 61.2 Å². The summed E-state index contributed by atoms with van der Waals surface area (Å²) in [6.45, 7) is 2.03. The van der Waals surface area contributed by atoms with Gasteiger partial charge >= 0.3 is 5.97 Å². The standard InChI is InChI=1S/C22H18N2O3S/c1-3-15-12-14-8-7-11-17(20-19(22(26)27-2)23-13-28-20)18(14)21(25)24(15)16-9-5-4-6-10-16/h4-13H,3H2,1-2H3. The summed E-state index contributed by atoms with van der Waals surface area (Å²) >= 11 is 1.32. The van der Waals surface area contributed by atoms with Crippen LogP contribution in [0.5, 0.6) is 0 Å². The number of hydrogen-bond acceptors (Lipinski definition) is 5. The second kappa shape index (κ2) is 7.40. The molecule has 0 amide bonds. The van der Waals surface area contributed by atoms with Crippen molar-refractivity contribution in [3.8, 4) is 16.1 Å². The van der Waals surface area contributed by atoms with Crippen molar-refractivity contribution in [2.24, 2.45) is 0 Å². The number of aromatic nitrogens is 2. The third-order valence-corrected chi connectivity index (χ3v) is 5.55. The number of pyridine rings is 1. The fourth-order valence-electron chi connectivity index (χ4n) is 3.40. The predicted molar refractivity (Wildman–Crippen MR) is 111 cm³/mol. The molecule has 28 heavy (non-hydrogen) atoms. The van der Waals surface area contributed by atoms with Gasteiger partial charge in [-0.25, -0.2) is 9.78 Å². The molecule has 0 unspecified atom stereocenters. The smallest absolute Gasteiger partial charge is 0.358 e. The molecule has 0 aliphatic heterocycles. The quantitative estimate of drug-likeness (QED) is 0.483. The maximum atomic E-state index is 13.6. The van der Waals surface area contributed by atoms with Crippen LogP contribution in [-0.2, 0) is 11.2 Å². The number of hydrogen-bond donors (Lipinski definition) is 0. The average Bonchev–Trinajstić information content (AvgIpc) is 3.22. The maximum absolute atomic E-state index is 13.6. The molecule has 0 radical (unpaired) electrons. The Morgan fingerprint density at radius 3 is 2.64 bits per heavy atom. The number of esters is 1. The zero-order chi connectivity index (χ0) is 19.7. The van der Waals surface area contributed by atoms with Gasteiger partial charge in [0.05, 0.1) is 22.9 Å². The summed E-state index contributed by atoms with van der Waals surface area (Å²) in [6, 6.07) is 17.3. The molecular weight excluding hydrogens is 372 g/mol. The van der Waals surface area contributed by atoms with E-state index in [1.54, 1.807) is 10.1 Å². The zero-order valence-electron chi connectivity index (χ0n) is 15.5. The molecule has 0 aliphatic rings. The van der Waals surface area contributed by atoms with Gasteiger partial charge < -0.3 is 4.74 Å². The Hall–Kier alpha value is -3.25. The summed E-state index contributed by atoms with van der Waals surface area (Å²) in [5.41, 5.74) is 4.15. The number of methoxy groups -OCH3 is 1. The third kappa shape index (κ3) is 2.92. The molecule has 4 aromatic rings. The van der Waals surface area contributed by atoms with E-state index in [1.165, 1.54) is 18.4 Å². The highest BCUT2D eigenvalue weighted by Crippen LogP contribution is 2.33. The monoisotopic (exact) mass is 390 g/mol. The number of benzene rings is 2. The van der Waals surface area contributed by atoms with Gasteiger partial charge in [-0.2, -0.15) is 0 Å². The van der Waals surface area contributed by atoms with Crippen molar-refractivity contribution in [2.75, 3.05) is 7.11 Å². The largest absolute Gasteiger partial charge is 0.464 e. The van der Waals surface area contributed by atoms with E-state index in [-0.39, 0.29) is 11.3 Å². The second-order valence-corrected chi connectivity index (χ2v) is 7.11. The number of rotatable bonds is 4. The molecule has 4 rings (SSSR count). The number of carbonyl (C=O) groups is 1. The van der Waals surface area contributed by atoms with Gasteiger partial charge in [0.25, 0.3) is 5.56 Å². The summed E-state index contributed by atoms with van der Waals surface area (Å²) in [6.07, 6.45) is 0.721.